The zero-order chi connectivity index (χ0) is 32.8. The number of hydrogen-bond acceptors (Lipinski definition) is 6. The van der Waals surface area contributed by atoms with Crippen molar-refractivity contribution in [1.29, 1.82) is 0 Å². The number of oxime groups is 1. The molecule has 3 amide bonds. The molecule has 240 valence electrons. The maximum Gasteiger partial charge on any atom is 0.263 e. The topological polar surface area (TPSA) is 94.5 Å². The third-order valence-corrected chi connectivity index (χ3v) is 8.69. The number of amides is 3. The van der Waals surface area contributed by atoms with Gasteiger partial charge in [-0.25, -0.2) is 0 Å². The molecule has 0 aliphatic carbocycles. The van der Waals surface area contributed by atoms with E-state index in [9.17, 15) is 14.4 Å². The molecule has 1 fully saturated rings. The summed E-state index contributed by atoms with van der Waals surface area (Å²) >= 11 is 0. The van der Waals surface area contributed by atoms with Crippen molar-refractivity contribution in [3.05, 3.63) is 119 Å². The summed E-state index contributed by atoms with van der Waals surface area (Å²) < 4.78 is 0. The van der Waals surface area contributed by atoms with E-state index >= 15 is 0 Å². The maximum atomic E-state index is 13.8. The van der Waals surface area contributed by atoms with Gasteiger partial charge in [0.1, 0.15) is 0 Å². The minimum atomic E-state index is -0.221. The molecule has 0 aromatic heterocycles. The van der Waals surface area contributed by atoms with E-state index < -0.39 is 0 Å². The summed E-state index contributed by atoms with van der Waals surface area (Å²) in [6.45, 7) is 5.48. The first-order valence-electron chi connectivity index (χ1n) is 16.0. The Balaban J connectivity index is 1.13. The van der Waals surface area contributed by atoms with Gasteiger partial charge in [0.15, 0.2) is 6.61 Å². The fourth-order valence-electron chi connectivity index (χ4n) is 5.95. The zero-order valence-electron chi connectivity index (χ0n) is 26.8. The second kappa shape index (κ2) is 14.4. The van der Waals surface area contributed by atoms with Gasteiger partial charge in [0.2, 0.25) is 0 Å². The van der Waals surface area contributed by atoms with E-state index in [-0.39, 0.29) is 24.3 Å². The van der Waals surface area contributed by atoms with Crippen LogP contribution in [-0.4, -0.2) is 79.6 Å². The highest BCUT2D eigenvalue weighted by atomic mass is 16.6. The number of para-hydroxylation sites is 1. The van der Waals surface area contributed by atoms with Crippen LogP contribution in [0.2, 0.25) is 0 Å². The van der Waals surface area contributed by atoms with Crippen LogP contribution >= 0.6 is 0 Å². The van der Waals surface area contributed by atoms with E-state index in [1.54, 1.807) is 29.2 Å². The molecular weight excluding hydrogens is 590 g/mol. The first-order chi connectivity index (χ1) is 22.9. The average Bonchev–Trinajstić information content (AvgIpc) is 3.28. The number of piperazine rings is 1. The van der Waals surface area contributed by atoms with Crippen LogP contribution in [0.15, 0.2) is 102 Å². The van der Waals surface area contributed by atoms with Gasteiger partial charge in [-0.15, -0.1) is 0 Å². The second-order valence-electron chi connectivity index (χ2n) is 12.0. The summed E-state index contributed by atoms with van der Waals surface area (Å²) in [5.74, 6) is -0.440. The van der Waals surface area contributed by atoms with Crippen molar-refractivity contribution >= 4 is 34.8 Å². The average molecular weight is 630 g/mol. The van der Waals surface area contributed by atoms with E-state index in [0.29, 0.717) is 55.0 Å². The molecule has 2 aliphatic heterocycles. The van der Waals surface area contributed by atoms with E-state index in [0.717, 1.165) is 41.0 Å². The molecule has 2 aliphatic rings. The number of carbonyl (C=O) groups excluding carboxylic acids is 3. The van der Waals surface area contributed by atoms with Crippen molar-refractivity contribution in [3.8, 4) is 11.1 Å². The predicted molar refractivity (Wildman–Crippen MR) is 185 cm³/mol. The number of likely N-dealkylation sites (N-methyl/N-ethyl adjacent to an activating group) is 1. The molecule has 47 heavy (non-hydrogen) atoms. The lowest BCUT2D eigenvalue weighted by Crippen LogP contribution is -2.48. The molecule has 6 rings (SSSR count). The summed E-state index contributed by atoms with van der Waals surface area (Å²) in [6.07, 6.45) is 1.29. The van der Waals surface area contributed by atoms with E-state index in [1.165, 1.54) is 0 Å². The lowest BCUT2D eigenvalue weighted by molar-refractivity contribution is -0.137. The fourth-order valence-corrected chi connectivity index (χ4v) is 5.95. The largest absolute Gasteiger partial charge is 0.385 e. The van der Waals surface area contributed by atoms with Crippen molar-refractivity contribution in [1.82, 2.24) is 9.80 Å². The Bertz CT molecular complexity index is 1780. The lowest BCUT2D eigenvalue weighted by Gasteiger charge is -2.32. The minimum absolute atomic E-state index is 0.0729. The summed E-state index contributed by atoms with van der Waals surface area (Å²) in [5.41, 5.74) is 6.92. The van der Waals surface area contributed by atoms with Crippen molar-refractivity contribution in [2.45, 2.75) is 19.8 Å². The van der Waals surface area contributed by atoms with E-state index in [2.05, 4.69) is 15.4 Å². The van der Waals surface area contributed by atoms with Crippen molar-refractivity contribution in [3.63, 3.8) is 0 Å². The lowest BCUT2D eigenvalue weighted by atomic mass is 9.98. The monoisotopic (exact) mass is 629 g/mol. The first kappa shape index (κ1) is 31.7. The number of benzene rings is 4. The van der Waals surface area contributed by atoms with Gasteiger partial charge < -0.3 is 24.9 Å². The Kier molecular flexibility index (Phi) is 9.73. The third kappa shape index (κ3) is 7.42. The molecule has 0 unspecified atom stereocenters. The summed E-state index contributed by atoms with van der Waals surface area (Å²) in [7, 11) is 2.05. The van der Waals surface area contributed by atoms with Crippen LogP contribution in [0.3, 0.4) is 0 Å². The molecule has 0 saturated carbocycles. The highest BCUT2D eigenvalue weighted by molar-refractivity contribution is 6.13. The van der Waals surface area contributed by atoms with Crippen molar-refractivity contribution < 1.29 is 19.2 Å². The maximum absolute atomic E-state index is 13.8. The highest BCUT2D eigenvalue weighted by Crippen LogP contribution is 2.29. The molecule has 4 aromatic carbocycles. The molecular formula is C38H39N5O4. The fraction of sp³-hybridized carbons (Fsp3) is 0.263. The predicted octanol–water partition coefficient (Wildman–Crippen LogP) is 5.85. The minimum Gasteiger partial charge on any atom is -0.385 e. The van der Waals surface area contributed by atoms with Crippen LogP contribution in [0.1, 0.15) is 44.7 Å². The molecule has 0 atom stereocenters. The van der Waals surface area contributed by atoms with Gasteiger partial charge in [0.25, 0.3) is 17.7 Å². The quantitative estimate of drug-likeness (QED) is 0.259. The highest BCUT2D eigenvalue weighted by Gasteiger charge is 2.26. The van der Waals surface area contributed by atoms with E-state index in [4.69, 9.17) is 4.84 Å². The number of rotatable bonds is 7. The number of hydrogen-bond donors (Lipinski definition) is 1. The number of nitrogens with zero attached hydrogens (tertiary/aromatic N) is 4. The van der Waals surface area contributed by atoms with E-state index in [1.807, 2.05) is 91.7 Å². The number of fused-ring (bicyclic) bond motifs is 1. The Morgan fingerprint density at radius 3 is 2.21 bits per heavy atom. The van der Waals surface area contributed by atoms with Gasteiger partial charge in [-0.2, -0.15) is 0 Å². The van der Waals surface area contributed by atoms with Crippen LogP contribution < -0.4 is 10.2 Å². The third-order valence-electron chi connectivity index (χ3n) is 8.69. The number of aryl methyl sites for hydroxylation is 1. The van der Waals surface area contributed by atoms with Gasteiger partial charge in [-0.3, -0.25) is 14.4 Å². The van der Waals surface area contributed by atoms with Gasteiger partial charge in [0.05, 0.1) is 11.4 Å². The van der Waals surface area contributed by atoms with Crippen LogP contribution in [0, 0.1) is 6.92 Å². The zero-order valence-corrected chi connectivity index (χ0v) is 26.8. The van der Waals surface area contributed by atoms with Gasteiger partial charge in [-0.05, 0) is 74.3 Å². The van der Waals surface area contributed by atoms with Crippen LogP contribution in [0.5, 0.6) is 0 Å². The van der Waals surface area contributed by atoms with Gasteiger partial charge in [0, 0.05) is 55.1 Å². The molecule has 4 aromatic rings. The molecule has 9 nitrogen and oxygen atoms in total. The molecule has 0 bridgehead atoms. The van der Waals surface area contributed by atoms with Gasteiger partial charge >= 0.3 is 0 Å². The van der Waals surface area contributed by atoms with Gasteiger partial charge in [-0.1, -0.05) is 71.4 Å². The molecule has 1 saturated heterocycles. The SMILES string of the molecule is Cc1ccc(-c2ccccc2C(=O)Nc2ccc(C(=O)N3CCCC(=NOCC(=O)N4CCN(C)CC4)c4ccccc43)cc2)cc1. The Morgan fingerprint density at radius 1 is 0.787 bits per heavy atom. The number of anilines is 2. The normalized spacial score (nSPS) is 15.9. The number of nitrogens with one attached hydrogen (secondary N) is 1. The molecule has 1 N–H and O–H groups in total. The molecule has 2 heterocycles. The first-order valence-corrected chi connectivity index (χ1v) is 16.0. The van der Waals surface area contributed by atoms with Crippen molar-refractivity contribution in [2.75, 3.05) is 56.6 Å². The Morgan fingerprint density at radius 2 is 1.47 bits per heavy atom. The number of carbonyl (C=O) groups is 3. The second-order valence-corrected chi connectivity index (χ2v) is 12.0. The Labute approximate surface area is 275 Å². The standard InChI is InChI=1S/C38H39N5O4/c1-27-13-15-28(16-14-27)31-8-3-4-9-32(31)37(45)39-30-19-17-29(18-20-30)38(46)43-21-7-11-34(33-10-5-6-12-35(33)43)40-47-26-36(44)42-24-22-41(2)23-25-42/h3-6,8-10,12-20H,7,11,21-26H2,1-2H3,(H,39,45). The van der Waals surface area contributed by atoms with Crippen LogP contribution in [0.25, 0.3) is 11.1 Å². The smallest absolute Gasteiger partial charge is 0.263 e. The van der Waals surface area contributed by atoms with Crippen molar-refractivity contribution in [2.24, 2.45) is 5.16 Å². The summed E-state index contributed by atoms with van der Waals surface area (Å²) in [6, 6.07) is 30.2. The Hall–Kier alpha value is -5.28. The summed E-state index contributed by atoms with van der Waals surface area (Å²) in [4.78, 5) is 51.1. The van der Waals surface area contributed by atoms with Crippen LogP contribution in [0.4, 0.5) is 11.4 Å². The van der Waals surface area contributed by atoms with Crippen LogP contribution in [-0.2, 0) is 9.63 Å². The molecule has 9 heteroatoms. The molecule has 0 radical (unpaired) electrons. The summed E-state index contributed by atoms with van der Waals surface area (Å²) in [5, 5.41) is 7.36. The molecule has 0 spiro atoms.